The van der Waals surface area contributed by atoms with Crippen LogP contribution in [0.5, 0.6) is 5.75 Å². The number of thiazole rings is 1. The van der Waals surface area contributed by atoms with E-state index in [0.717, 1.165) is 38.8 Å². The lowest BCUT2D eigenvalue weighted by atomic mass is 10.1. The predicted molar refractivity (Wildman–Crippen MR) is 98.4 cm³/mol. The number of carbonyl (C=O) groups excluding carboxylic acids is 1. The lowest BCUT2D eigenvalue weighted by Gasteiger charge is -2.05. The van der Waals surface area contributed by atoms with E-state index in [1.165, 1.54) is 11.3 Å². The normalized spacial score (nSPS) is 11.0. The van der Waals surface area contributed by atoms with E-state index in [2.05, 4.69) is 4.98 Å². The average Bonchev–Trinajstić information content (AvgIpc) is 3.31. The van der Waals surface area contributed by atoms with Crippen LogP contribution in [0.3, 0.4) is 0 Å². The third kappa shape index (κ3) is 2.44. The van der Waals surface area contributed by atoms with E-state index >= 15 is 0 Å². The predicted octanol–water partition coefficient (Wildman–Crippen LogP) is 5.00. The molecule has 1 aromatic carbocycles. The zero-order valence-corrected chi connectivity index (χ0v) is 14.6. The Morgan fingerprint density at radius 3 is 2.71 bits per heavy atom. The minimum absolute atomic E-state index is 0.595. The molecular weight excluding hydrogens is 340 g/mol. The van der Waals surface area contributed by atoms with E-state index in [4.69, 9.17) is 4.74 Å². The lowest BCUT2D eigenvalue weighted by molar-refractivity contribution is 0.111. The van der Waals surface area contributed by atoms with Crippen LogP contribution in [0.1, 0.15) is 17.4 Å². The van der Waals surface area contributed by atoms with Crippen LogP contribution in [-0.4, -0.2) is 22.3 Å². The molecule has 0 bridgehead atoms. The Kier molecular flexibility index (Phi) is 3.92. The maximum absolute atomic E-state index is 11.7. The molecule has 6 heteroatoms. The van der Waals surface area contributed by atoms with Crippen LogP contribution in [0.25, 0.3) is 26.8 Å². The molecule has 0 aliphatic heterocycles. The Morgan fingerprint density at radius 2 is 2.04 bits per heavy atom. The van der Waals surface area contributed by atoms with Crippen molar-refractivity contribution in [3.05, 3.63) is 52.9 Å². The van der Waals surface area contributed by atoms with Crippen LogP contribution in [0.4, 0.5) is 0 Å². The third-order valence-electron chi connectivity index (χ3n) is 3.73. The van der Waals surface area contributed by atoms with E-state index in [-0.39, 0.29) is 0 Å². The molecule has 4 aromatic rings. The first-order valence-corrected chi connectivity index (χ1v) is 9.30. The molecule has 0 fully saturated rings. The first kappa shape index (κ1) is 15.1. The highest BCUT2D eigenvalue weighted by atomic mass is 32.1. The number of hydrogen-bond donors (Lipinski definition) is 0. The summed E-state index contributed by atoms with van der Waals surface area (Å²) < 4.78 is 7.43. The van der Waals surface area contributed by atoms with Gasteiger partial charge in [0, 0.05) is 5.38 Å². The molecule has 4 rings (SSSR count). The van der Waals surface area contributed by atoms with Crippen molar-refractivity contribution in [3.8, 4) is 27.6 Å². The number of nitrogens with zero attached hydrogens (tertiary/aromatic N) is 2. The minimum Gasteiger partial charge on any atom is -0.494 e. The van der Waals surface area contributed by atoms with Crippen molar-refractivity contribution in [3.63, 3.8) is 0 Å². The van der Waals surface area contributed by atoms with Gasteiger partial charge in [-0.2, -0.15) is 0 Å². The fraction of sp³-hybridized carbons (Fsp3) is 0.111. The fourth-order valence-electron chi connectivity index (χ4n) is 2.67. The molecule has 0 unspecified atom stereocenters. The summed E-state index contributed by atoms with van der Waals surface area (Å²) in [7, 11) is 0. The molecule has 0 atom stereocenters. The van der Waals surface area contributed by atoms with Crippen LogP contribution < -0.4 is 4.74 Å². The molecule has 0 aliphatic carbocycles. The third-order valence-corrected chi connectivity index (χ3v) is 5.43. The highest BCUT2D eigenvalue weighted by Gasteiger charge is 2.18. The molecule has 0 amide bonds. The number of fused-ring (bicyclic) bond motifs is 1. The van der Waals surface area contributed by atoms with Crippen molar-refractivity contribution in [1.82, 2.24) is 9.38 Å². The number of hydrogen-bond acceptors (Lipinski definition) is 5. The van der Waals surface area contributed by atoms with Crippen molar-refractivity contribution in [2.75, 3.05) is 6.61 Å². The number of aldehydes is 1. The molecule has 0 saturated carbocycles. The largest absolute Gasteiger partial charge is 0.494 e. The van der Waals surface area contributed by atoms with Crippen LogP contribution in [0.2, 0.25) is 0 Å². The zero-order chi connectivity index (χ0) is 16.5. The minimum atomic E-state index is 0.595. The molecule has 4 nitrogen and oxygen atoms in total. The quantitative estimate of drug-likeness (QED) is 0.474. The second-order valence-corrected chi connectivity index (χ2v) is 6.92. The van der Waals surface area contributed by atoms with Gasteiger partial charge < -0.3 is 4.74 Å². The van der Waals surface area contributed by atoms with Crippen molar-refractivity contribution >= 4 is 33.9 Å². The first-order chi connectivity index (χ1) is 11.8. The summed E-state index contributed by atoms with van der Waals surface area (Å²) >= 11 is 3.12. The molecule has 0 radical (unpaired) electrons. The number of imidazole rings is 1. The second-order valence-electron chi connectivity index (χ2n) is 5.14. The number of aromatic nitrogens is 2. The summed E-state index contributed by atoms with van der Waals surface area (Å²) in [5.74, 6) is 0.841. The van der Waals surface area contributed by atoms with Gasteiger partial charge in [0.1, 0.15) is 17.1 Å². The standard InChI is InChI=1S/C18H14N2O2S2/c1-2-22-13-7-5-12(6-8-13)15-11-24-18-19-17(14(10-21)20(15)18)16-4-3-9-23-16/h3-11H,2H2,1H3. The van der Waals surface area contributed by atoms with Gasteiger partial charge in [0.05, 0.1) is 17.2 Å². The molecule has 0 aliphatic rings. The van der Waals surface area contributed by atoms with Gasteiger partial charge in [-0.3, -0.25) is 9.20 Å². The summed E-state index contributed by atoms with van der Waals surface area (Å²) in [5, 5.41) is 4.02. The molecular formula is C18H14N2O2S2. The maximum Gasteiger partial charge on any atom is 0.195 e. The highest BCUT2D eigenvalue weighted by molar-refractivity contribution is 7.15. The van der Waals surface area contributed by atoms with Gasteiger partial charge in [0.15, 0.2) is 11.2 Å². The van der Waals surface area contributed by atoms with Gasteiger partial charge >= 0.3 is 0 Å². The van der Waals surface area contributed by atoms with E-state index in [0.29, 0.717) is 12.3 Å². The Labute approximate surface area is 147 Å². The summed E-state index contributed by atoms with van der Waals surface area (Å²) in [6.45, 7) is 2.60. The summed E-state index contributed by atoms with van der Waals surface area (Å²) in [6, 6.07) is 11.9. The molecule has 0 saturated heterocycles. The van der Waals surface area contributed by atoms with Gasteiger partial charge in [-0.05, 0) is 48.2 Å². The van der Waals surface area contributed by atoms with Gasteiger partial charge in [0.25, 0.3) is 0 Å². The van der Waals surface area contributed by atoms with Gasteiger partial charge in [-0.1, -0.05) is 6.07 Å². The number of benzene rings is 1. The number of carbonyl (C=O) groups is 1. The first-order valence-electron chi connectivity index (χ1n) is 7.54. The summed E-state index contributed by atoms with van der Waals surface area (Å²) in [4.78, 5) is 18.2. The maximum atomic E-state index is 11.7. The Balaban J connectivity index is 1.86. The molecule has 24 heavy (non-hydrogen) atoms. The Hall–Kier alpha value is -2.44. The van der Waals surface area contributed by atoms with Crippen molar-refractivity contribution in [2.24, 2.45) is 0 Å². The lowest BCUT2D eigenvalue weighted by Crippen LogP contribution is -1.94. The van der Waals surface area contributed by atoms with Crippen molar-refractivity contribution in [2.45, 2.75) is 6.92 Å². The SMILES string of the molecule is CCOc1ccc(-c2csc3nc(-c4cccs4)c(C=O)n23)cc1. The van der Waals surface area contributed by atoms with E-state index in [1.807, 2.05) is 58.5 Å². The Morgan fingerprint density at radius 1 is 1.21 bits per heavy atom. The summed E-state index contributed by atoms with van der Waals surface area (Å²) in [6.07, 6.45) is 0.889. The molecule has 0 spiro atoms. The number of thiophene rings is 1. The van der Waals surface area contributed by atoms with Crippen molar-refractivity contribution < 1.29 is 9.53 Å². The van der Waals surface area contributed by atoms with E-state index < -0.39 is 0 Å². The van der Waals surface area contributed by atoms with Crippen molar-refractivity contribution in [1.29, 1.82) is 0 Å². The topological polar surface area (TPSA) is 43.6 Å². The van der Waals surface area contributed by atoms with E-state index in [9.17, 15) is 4.79 Å². The summed E-state index contributed by atoms with van der Waals surface area (Å²) in [5.41, 5.74) is 3.34. The Bertz CT molecular complexity index is 982. The van der Waals surface area contributed by atoms with Gasteiger partial charge in [0.2, 0.25) is 0 Å². The van der Waals surface area contributed by atoms with Gasteiger partial charge in [-0.15, -0.1) is 22.7 Å². The van der Waals surface area contributed by atoms with Crippen LogP contribution in [0, 0.1) is 0 Å². The van der Waals surface area contributed by atoms with Crippen LogP contribution in [-0.2, 0) is 0 Å². The van der Waals surface area contributed by atoms with Crippen LogP contribution in [0.15, 0.2) is 47.2 Å². The fourth-order valence-corrected chi connectivity index (χ4v) is 4.30. The smallest absolute Gasteiger partial charge is 0.195 e. The highest BCUT2D eigenvalue weighted by Crippen LogP contribution is 2.34. The molecule has 0 N–H and O–H groups in total. The van der Waals surface area contributed by atoms with E-state index in [1.54, 1.807) is 11.3 Å². The zero-order valence-electron chi connectivity index (χ0n) is 12.9. The average molecular weight is 354 g/mol. The molecule has 3 aromatic heterocycles. The molecule has 120 valence electrons. The number of ether oxygens (including phenoxy) is 1. The molecule has 3 heterocycles. The second kappa shape index (κ2) is 6.22. The van der Waals surface area contributed by atoms with Crippen LogP contribution >= 0.6 is 22.7 Å². The monoisotopic (exact) mass is 354 g/mol. The number of rotatable bonds is 5. The van der Waals surface area contributed by atoms with Gasteiger partial charge in [-0.25, -0.2) is 4.98 Å².